The van der Waals surface area contributed by atoms with Gasteiger partial charge in [0, 0.05) is 5.92 Å². The van der Waals surface area contributed by atoms with Crippen LogP contribution in [-0.4, -0.2) is 12.5 Å². The van der Waals surface area contributed by atoms with Gasteiger partial charge in [-0.1, -0.05) is 13.8 Å². The molecule has 0 aliphatic carbocycles. The summed E-state index contributed by atoms with van der Waals surface area (Å²) in [7, 11) is 0. The highest BCUT2D eigenvalue weighted by atomic mass is 19.4. The molecule has 0 aromatic heterocycles. The number of rotatable bonds is 4. The van der Waals surface area contributed by atoms with E-state index in [0.717, 1.165) is 6.92 Å². The summed E-state index contributed by atoms with van der Waals surface area (Å²) in [4.78, 5) is 10.2. The van der Waals surface area contributed by atoms with E-state index in [0.29, 0.717) is 12.7 Å². The molecule has 0 fully saturated rings. The van der Waals surface area contributed by atoms with Gasteiger partial charge in [-0.05, 0) is 12.8 Å². The highest BCUT2D eigenvalue weighted by Crippen LogP contribution is 2.30. The zero-order valence-electron chi connectivity index (χ0n) is 7.19. The molecule has 0 saturated heterocycles. The largest absolute Gasteiger partial charge is 0.391 e. The summed E-state index contributed by atoms with van der Waals surface area (Å²) in [6, 6.07) is 0. The molecule has 0 aromatic rings. The monoisotopic (exact) mass is 182 g/mol. The molecule has 0 aliphatic rings. The van der Waals surface area contributed by atoms with Gasteiger partial charge in [0.15, 0.2) is 0 Å². The van der Waals surface area contributed by atoms with Crippen molar-refractivity contribution in [2.75, 3.05) is 0 Å². The molecular weight excluding hydrogens is 169 g/mol. The van der Waals surface area contributed by atoms with Gasteiger partial charge in [0.05, 0.1) is 5.92 Å². The van der Waals surface area contributed by atoms with Gasteiger partial charge in [-0.3, -0.25) is 0 Å². The van der Waals surface area contributed by atoms with E-state index in [4.69, 9.17) is 0 Å². The minimum Gasteiger partial charge on any atom is -0.303 e. The molecule has 0 heterocycles. The molecule has 0 spiro atoms. The van der Waals surface area contributed by atoms with E-state index in [1.54, 1.807) is 6.92 Å². The van der Waals surface area contributed by atoms with Crippen LogP contribution in [0.5, 0.6) is 0 Å². The second kappa shape index (κ2) is 4.48. The number of hydrogen-bond acceptors (Lipinski definition) is 1. The molecular formula is C8H13F3O. The average molecular weight is 182 g/mol. The molecule has 0 N–H and O–H groups in total. The Morgan fingerprint density at radius 1 is 1.42 bits per heavy atom. The van der Waals surface area contributed by atoms with Gasteiger partial charge in [-0.15, -0.1) is 0 Å². The SMILES string of the molecule is CCC(C=O)CC(C)C(F)(F)F. The van der Waals surface area contributed by atoms with Crippen LogP contribution in [0, 0.1) is 11.8 Å². The van der Waals surface area contributed by atoms with Crippen LogP contribution in [0.4, 0.5) is 13.2 Å². The van der Waals surface area contributed by atoms with Crippen LogP contribution in [0.25, 0.3) is 0 Å². The number of aldehydes is 1. The average Bonchev–Trinajstić information content (AvgIpc) is 1.97. The highest BCUT2D eigenvalue weighted by molar-refractivity contribution is 5.53. The molecule has 0 aromatic carbocycles. The molecule has 2 unspecified atom stereocenters. The van der Waals surface area contributed by atoms with E-state index in [-0.39, 0.29) is 6.42 Å². The lowest BCUT2D eigenvalue weighted by atomic mass is 9.95. The zero-order valence-corrected chi connectivity index (χ0v) is 7.19. The molecule has 0 bridgehead atoms. The van der Waals surface area contributed by atoms with Crippen molar-refractivity contribution in [3.8, 4) is 0 Å². The van der Waals surface area contributed by atoms with Gasteiger partial charge < -0.3 is 4.79 Å². The summed E-state index contributed by atoms with van der Waals surface area (Å²) in [5.74, 6) is -1.84. The van der Waals surface area contributed by atoms with Gasteiger partial charge in [-0.2, -0.15) is 13.2 Å². The van der Waals surface area contributed by atoms with Crippen LogP contribution >= 0.6 is 0 Å². The first-order valence-corrected chi connectivity index (χ1v) is 3.93. The Hall–Kier alpha value is -0.540. The van der Waals surface area contributed by atoms with Crippen molar-refractivity contribution < 1.29 is 18.0 Å². The molecule has 0 amide bonds. The lowest BCUT2D eigenvalue weighted by Gasteiger charge is -2.17. The molecule has 0 aliphatic heterocycles. The normalized spacial score (nSPS) is 17.1. The van der Waals surface area contributed by atoms with Crippen molar-refractivity contribution in [2.24, 2.45) is 11.8 Å². The maximum atomic E-state index is 12.0. The van der Waals surface area contributed by atoms with Crippen LogP contribution in [0.1, 0.15) is 26.7 Å². The maximum absolute atomic E-state index is 12.0. The van der Waals surface area contributed by atoms with Gasteiger partial charge in [0.25, 0.3) is 0 Å². The minimum absolute atomic E-state index is 0.0938. The number of carbonyl (C=O) groups is 1. The van der Waals surface area contributed by atoms with Crippen molar-refractivity contribution in [1.29, 1.82) is 0 Å². The second-order valence-corrected chi connectivity index (χ2v) is 2.98. The maximum Gasteiger partial charge on any atom is 0.391 e. The lowest BCUT2D eigenvalue weighted by molar-refractivity contribution is -0.173. The van der Waals surface area contributed by atoms with Gasteiger partial charge in [0.2, 0.25) is 0 Å². The summed E-state index contributed by atoms with van der Waals surface area (Å²) in [5, 5.41) is 0. The Bertz CT molecular complexity index is 142. The molecule has 0 saturated carbocycles. The Morgan fingerprint density at radius 3 is 2.17 bits per heavy atom. The quantitative estimate of drug-likeness (QED) is 0.611. The highest BCUT2D eigenvalue weighted by Gasteiger charge is 2.36. The molecule has 0 rings (SSSR count). The number of halogens is 3. The van der Waals surface area contributed by atoms with E-state index >= 15 is 0 Å². The van der Waals surface area contributed by atoms with Gasteiger partial charge >= 0.3 is 6.18 Å². The van der Waals surface area contributed by atoms with E-state index < -0.39 is 18.0 Å². The fraction of sp³-hybridized carbons (Fsp3) is 0.875. The Kier molecular flexibility index (Phi) is 4.28. The Labute approximate surface area is 70.0 Å². The standard InChI is InChI=1S/C8H13F3O/c1-3-7(5-12)4-6(2)8(9,10)11/h5-7H,3-4H2,1-2H3. The summed E-state index contributed by atoms with van der Waals surface area (Å²) >= 11 is 0. The summed E-state index contributed by atoms with van der Waals surface area (Å²) in [6.07, 6.45) is -3.19. The Morgan fingerprint density at radius 2 is 1.92 bits per heavy atom. The number of hydrogen-bond donors (Lipinski definition) is 0. The van der Waals surface area contributed by atoms with Crippen LogP contribution in [-0.2, 0) is 4.79 Å². The third kappa shape index (κ3) is 3.74. The third-order valence-corrected chi connectivity index (χ3v) is 1.93. The van der Waals surface area contributed by atoms with Crippen LogP contribution in [0.3, 0.4) is 0 Å². The Balaban J connectivity index is 3.98. The number of carbonyl (C=O) groups excluding carboxylic acids is 1. The van der Waals surface area contributed by atoms with Crippen LogP contribution in [0.15, 0.2) is 0 Å². The molecule has 2 atom stereocenters. The predicted octanol–water partition coefficient (Wildman–Crippen LogP) is 2.80. The third-order valence-electron chi connectivity index (χ3n) is 1.93. The second-order valence-electron chi connectivity index (χ2n) is 2.98. The van der Waals surface area contributed by atoms with Crippen molar-refractivity contribution in [3.05, 3.63) is 0 Å². The molecule has 72 valence electrons. The van der Waals surface area contributed by atoms with Gasteiger partial charge in [0.1, 0.15) is 6.29 Å². The molecule has 1 nitrogen and oxygen atoms in total. The first-order chi connectivity index (χ1) is 5.41. The van der Waals surface area contributed by atoms with E-state index in [1.165, 1.54) is 0 Å². The van der Waals surface area contributed by atoms with E-state index in [9.17, 15) is 18.0 Å². The summed E-state index contributed by atoms with van der Waals surface area (Å²) in [5.41, 5.74) is 0. The van der Waals surface area contributed by atoms with Crippen molar-refractivity contribution in [1.82, 2.24) is 0 Å². The smallest absolute Gasteiger partial charge is 0.303 e. The summed E-state index contributed by atoms with van der Waals surface area (Å²) < 4.78 is 35.9. The zero-order chi connectivity index (χ0) is 9.78. The van der Waals surface area contributed by atoms with Crippen molar-refractivity contribution in [2.45, 2.75) is 32.9 Å². The van der Waals surface area contributed by atoms with E-state index in [1.807, 2.05) is 0 Å². The fourth-order valence-electron chi connectivity index (χ4n) is 0.906. The van der Waals surface area contributed by atoms with Gasteiger partial charge in [-0.25, -0.2) is 0 Å². The van der Waals surface area contributed by atoms with Crippen LogP contribution in [0.2, 0.25) is 0 Å². The first kappa shape index (κ1) is 11.5. The lowest BCUT2D eigenvalue weighted by Crippen LogP contribution is -2.22. The molecule has 12 heavy (non-hydrogen) atoms. The minimum atomic E-state index is -4.17. The van der Waals surface area contributed by atoms with Crippen molar-refractivity contribution >= 4 is 6.29 Å². The molecule has 0 radical (unpaired) electrons. The number of alkyl halides is 3. The summed E-state index contributed by atoms with van der Waals surface area (Å²) in [6.45, 7) is 2.81. The topological polar surface area (TPSA) is 17.1 Å². The van der Waals surface area contributed by atoms with Crippen LogP contribution < -0.4 is 0 Å². The molecule has 4 heteroatoms. The fourth-order valence-corrected chi connectivity index (χ4v) is 0.906. The predicted molar refractivity (Wildman–Crippen MR) is 39.7 cm³/mol. The van der Waals surface area contributed by atoms with E-state index in [2.05, 4.69) is 0 Å². The van der Waals surface area contributed by atoms with Crippen molar-refractivity contribution in [3.63, 3.8) is 0 Å². The first-order valence-electron chi connectivity index (χ1n) is 3.93.